The molecule has 2 heterocycles. The molecule has 2 rings (SSSR count). The van der Waals surface area contributed by atoms with Crippen molar-refractivity contribution in [2.45, 2.75) is 18.2 Å². The molecule has 0 spiro atoms. The molecule has 118 valence electrons. The number of allylic oxidation sites excluding steroid dienone is 1. The second kappa shape index (κ2) is 7.66. The van der Waals surface area contributed by atoms with E-state index in [-0.39, 0.29) is 11.7 Å². The van der Waals surface area contributed by atoms with Crippen LogP contribution in [0.3, 0.4) is 0 Å². The van der Waals surface area contributed by atoms with E-state index in [0.717, 1.165) is 9.21 Å². The molecule has 0 bridgehead atoms. The summed E-state index contributed by atoms with van der Waals surface area (Å²) in [7, 11) is 1.76. The zero-order chi connectivity index (χ0) is 16.1. The van der Waals surface area contributed by atoms with Crippen LogP contribution >= 0.6 is 34.7 Å². The van der Waals surface area contributed by atoms with Crippen LogP contribution in [0.5, 0.6) is 0 Å². The first-order chi connectivity index (χ1) is 10.5. The zero-order valence-corrected chi connectivity index (χ0v) is 14.4. The summed E-state index contributed by atoms with van der Waals surface area (Å²) in [5.74, 6) is 0.586. The van der Waals surface area contributed by atoms with Crippen molar-refractivity contribution in [2.75, 3.05) is 18.5 Å². The van der Waals surface area contributed by atoms with Crippen LogP contribution in [0.1, 0.15) is 4.88 Å². The molecule has 9 heteroatoms. The van der Waals surface area contributed by atoms with E-state index in [9.17, 15) is 4.79 Å². The number of anilines is 1. The molecule has 0 saturated carbocycles. The monoisotopic (exact) mass is 357 g/mol. The van der Waals surface area contributed by atoms with E-state index in [0.29, 0.717) is 24.2 Å². The maximum atomic E-state index is 12.2. The van der Waals surface area contributed by atoms with Gasteiger partial charge in [-0.3, -0.25) is 9.36 Å². The van der Waals surface area contributed by atoms with Gasteiger partial charge in [-0.05, 0) is 12.1 Å². The van der Waals surface area contributed by atoms with Gasteiger partial charge >= 0.3 is 0 Å². The molecular formula is C13H16ClN5OS2. The first-order valence-corrected chi connectivity index (χ1v) is 8.59. The quantitative estimate of drug-likeness (QED) is 0.608. The first kappa shape index (κ1) is 16.9. The van der Waals surface area contributed by atoms with Gasteiger partial charge in [-0.15, -0.1) is 28.1 Å². The highest BCUT2D eigenvalue weighted by Crippen LogP contribution is 2.23. The molecule has 1 amide bonds. The number of halogens is 1. The van der Waals surface area contributed by atoms with Gasteiger partial charge in [-0.25, -0.2) is 0 Å². The summed E-state index contributed by atoms with van der Waals surface area (Å²) in [6.07, 6.45) is 1.71. The number of hydrogen-bond acceptors (Lipinski definition) is 6. The molecule has 6 nitrogen and oxygen atoms in total. The van der Waals surface area contributed by atoms with Crippen molar-refractivity contribution in [1.82, 2.24) is 19.7 Å². The Morgan fingerprint density at radius 1 is 1.59 bits per heavy atom. The van der Waals surface area contributed by atoms with E-state index >= 15 is 0 Å². The van der Waals surface area contributed by atoms with Crippen LogP contribution in [-0.2, 0) is 17.9 Å². The summed E-state index contributed by atoms with van der Waals surface area (Å²) < 4.78 is 2.43. The minimum Gasteiger partial charge on any atom is -0.368 e. The van der Waals surface area contributed by atoms with Crippen LogP contribution in [-0.4, -0.2) is 38.4 Å². The predicted octanol–water partition coefficient (Wildman–Crippen LogP) is 2.51. The van der Waals surface area contributed by atoms with Gasteiger partial charge in [0.1, 0.15) is 0 Å². The average molecular weight is 358 g/mol. The van der Waals surface area contributed by atoms with Gasteiger partial charge in [0.25, 0.3) is 0 Å². The molecule has 0 fully saturated rings. The lowest BCUT2D eigenvalue weighted by atomic mass is 10.4. The predicted molar refractivity (Wildman–Crippen MR) is 91.2 cm³/mol. The van der Waals surface area contributed by atoms with Gasteiger partial charge in [0.15, 0.2) is 5.16 Å². The SMILES string of the molecule is C=CCn1c(N)nnc1SCC(=O)N(C)Cc1ccc(Cl)s1. The highest BCUT2D eigenvalue weighted by atomic mass is 35.5. The molecule has 0 unspecified atom stereocenters. The second-order valence-corrected chi connectivity index (χ2v) is 7.23. The van der Waals surface area contributed by atoms with Crippen molar-refractivity contribution in [2.24, 2.45) is 0 Å². The van der Waals surface area contributed by atoms with Gasteiger partial charge < -0.3 is 10.6 Å². The first-order valence-electron chi connectivity index (χ1n) is 6.41. The Morgan fingerprint density at radius 2 is 2.36 bits per heavy atom. The molecule has 0 radical (unpaired) electrons. The average Bonchev–Trinajstić information content (AvgIpc) is 3.04. The Hall–Kier alpha value is -1.51. The fourth-order valence-electron chi connectivity index (χ4n) is 1.70. The lowest BCUT2D eigenvalue weighted by Gasteiger charge is -2.15. The molecule has 2 aromatic heterocycles. The van der Waals surface area contributed by atoms with Gasteiger partial charge in [0, 0.05) is 18.5 Å². The molecule has 0 aliphatic carbocycles. The molecule has 2 N–H and O–H groups in total. The summed E-state index contributed by atoms with van der Waals surface area (Å²) >= 11 is 8.67. The third kappa shape index (κ3) is 4.25. The number of amides is 1. The zero-order valence-electron chi connectivity index (χ0n) is 12.0. The minimum absolute atomic E-state index is 0.00115. The maximum Gasteiger partial charge on any atom is 0.233 e. The Bertz CT molecular complexity index is 669. The number of thiophene rings is 1. The Morgan fingerprint density at radius 3 is 3.00 bits per heavy atom. The van der Waals surface area contributed by atoms with Gasteiger partial charge in [-0.1, -0.05) is 29.4 Å². The van der Waals surface area contributed by atoms with Gasteiger partial charge in [0.2, 0.25) is 11.9 Å². The van der Waals surface area contributed by atoms with Crippen LogP contribution in [0.15, 0.2) is 29.9 Å². The molecule has 0 aromatic carbocycles. The number of thioether (sulfide) groups is 1. The minimum atomic E-state index is 0.00115. The summed E-state index contributed by atoms with van der Waals surface area (Å²) in [4.78, 5) is 14.9. The molecule has 0 aliphatic rings. The topological polar surface area (TPSA) is 77.0 Å². The highest BCUT2D eigenvalue weighted by molar-refractivity contribution is 7.99. The molecule has 22 heavy (non-hydrogen) atoms. The van der Waals surface area contributed by atoms with Crippen LogP contribution in [0.25, 0.3) is 0 Å². The van der Waals surface area contributed by atoms with Crippen molar-refractivity contribution in [3.63, 3.8) is 0 Å². The number of rotatable bonds is 7. The van der Waals surface area contributed by atoms with Crippen molar-refractivity contribution in [3.8, 4) is 0 Å². The fourth-order valence-corrected chi connectivity index (χ4v) is 3.74. The van der Waals surface area contributed by atoms with Crippen LogP contribution in [0, 0.1) is 0 Å². The molecule has 0 aliphatic heterocycles. The van der Waals surface area contributed by atoms with E-state index < -0.39 is 0 Å². The van der Waals surface area contributed by atoms with Crippen LogP contribution in [0.4, 0.5) is 5.95 Å². The van der Waals surface area contributed by atoms with Gasteiger partial charge in [0.05, 0.1) is 16.6 Å². The van der Waals surface area contributed by atoms with Crippen molar-refractivity contribution in [1.29, 1.82) is 0 Å². The molecule has 2 aromatic rings. The number of hydrogen-bond donors (Lipinski definition) is 1. The van der Waals surface area contributed by atoms with E-state index in [1.165, 1.54) is 23.1 Å². The van der Waals surface area contributed by atoms with Crippen molar-refractivity contribution < 1.29 is 4.79 Å². The van der Waals surface area contributed by atoms with Crippen molar-refractivity contribution in [3.05, 3.63) is 34.0 Å². The van der Waals surface area contributed by atoms with Crippen LogP contribution < -0.4 is 5.73 Å². The normalized spacial score (nSPS) is 10.6. The molecule has 0 atom stereocenters. The number of carbonyl (C=O) groups excluding carboxylic acids is 1. The third-order valence-corrected chi connectivity index (χ3v) is 5.00. The van der Waals surface area contributed by atoms with E-state index in [2.05, 4.69) is 16.8 Å². The Kier molecular flexibility index (Phi) is 5.87. The standard InChI is InChI=1S/C13H16ClN5OS2/c1-3-6-19-12(15)16-17-13(19)21-8-11(20)18(2)7-9-4-5-10(14)22-9/h3-5H,1,6-8H2,2H3,(H2,15,16). The lowest BCUT2D eigenvalue weighted by molar-refractivity contribution is -0.127. The fraction of sp³-hybridized carbons (Fsp3) is 0.308. The Labute approximate surface area is 142 Å². The Balaban J connectivity index is 1.90. The number of aromatic nitrogens is 3. The lowest BCUT2D eigenvalue weighted by Crippen LogP contribution is -2.27. The van der Waals surface area contributed by atoms with E-state index in [1.54, 1.807) is 22.6 Å². The smallest absolute Gasteiger partial charge is 0.233 e. The summed E-state index contributed by atoms with van der Waals surface area (Å²) in [5, 5.41) is 8.39. The van der Waals surface area contributed by atoms with Crippen molar-refractivity contribution >= 4 is 46.6 Å². The maximum absolute atomic E-state index is 12.2. The summed E-state index contributed by atoms with van der Waals surface area (Å²) in [6, 6.07) is 3.75. The number of nitrogen functional groups attached to an aromatic ring is 1. The summed E-state index contributed by atoms with van der Waals surface area (Å²) in [5.41, 5.74) is 5.72. The van der Waals surface area contributed by atoms with E-state index in [1.807, 2.05) is 12.1 Å². The van der Waals surface area contributed by atoms with E-state index in [4.69, 9.17) is 17.3 Å². The number of nitrogens with zero attached hydrogens (tertiary/aromatic N) is 4. The third-order valence-electron chi connectivity index (χ3n) is 2.83. The van der Waals surface area contributed by atoms with Crippen LogP contribution in [0.2, 0.25) is 4.34 Å². The number of nitrogens with two attached hydrogens (primary N) is 1. The highest BCUT2D eigenvalue weighted by Gasteiger charge is 2.14. The second-order valence-electron chi connectivity index (χ2n) is 4.48. The number of carbonyl (C=O) groups is 1. The molecule has 0 saturated heterocycles. The largest absolute Gasteiger partial charge is 0.368 e. The molecular weight excluding hydrogens is 342 g/mol. The summed E-state index contributed by atoms with van der Waals surface area (Å²) in [6.45, 7) is 4.72. The van der Waals surface area contributed by atoms with Gasteiger partial charge in [-0.2, -0.15) is 0 Å².